The summed E-state index contributed by atoms with van der Waals surface area (Å²) >= 11 is 0. The van der Waals surface area contributed by atoms with Crippen molar-refractivity contribution in [1.82, 2.24) is 4.90 Å². The highest BCUT2D eigenvalue weighted by Gasteiger charge is 2.26. The van der Waals surface area contributed by atoms with Crippen LogP contribution in [0.1, 0.15) is 33.6 Å². The standard InChI is InChI=1S/C9H20N2/c1-7(2)11-6-4-5-9(10)8(11)3/h7-9H,4-6,10H2,1-3H3. The van der Waals surface area contributed by atoms with Gasteiger partial charge in [0.25, 0.3) is 0 Å². The van der Waals surface area contributed by atoms with Crippen LogP contribution in [0.25, 0.3) is 0 Å². The molecule has 2 atom stereocenters. The first kappa shape index (κ1) is 9.01. The van der Waals surface area contributed by atoms with Crippen molar-refractivity contribution >= 4 is 0 Å². The molecule has 1 rings (SSSR count). The molecule has 0 aromatic carbocycles. The summed E-state index contributed by atoms with van der Waals surface area (Å²) in [5, 5.41) is 0. The van der Waals surface area contributed by atoms with Crippen LogP contribution in [0.15, 0.2) is 0 Å². The van der Waals surface area contributed by atoms with Gasteiger partial charge in [0.2, 0.25) is 0 Å². The lowest BCUT2D eigenvalue weighted by Crippen LogP contribution is -2.52. The Morgan fingerprint density at radius 2 is 2.09 bits per heavy atom. The maximum atomic E-state index is 5.96. The minimum absolute atomic E-state index is 0.395. The zero-order valence-corrected chi connectivity index (χ0v) is 7.88. The van der Waals surface area contributed by atoms with Crippen LogP contribution in [-0.4, -0.2) is 29.6 Å². The number of piperidine rings is 1. The Morgan fingerprint density at radius 3 is 2.55 bits per heavy atom. The van der Waals surface area contributed by atoms with Crippen LogP contribution in [0.3, 0.4) is 0 Å². The molecule has 2 heteroatoms. The number of hydrogen-bond acceptors (Lipinski definition) is 2. The molecule has 1 fully saturated rings. The van der Waals surface area contributed by atoms with E-state index < -0.39 is 0 Å². The first-order chi connectivity index (χ1) is 5.13. The van der Waals surface area contributed by atoms with Gasteiger partial charge in [0, 0.05) is 18.1 Å². The lowest BCUT2D eigenvalue weighted by Gasteiger charge is -2.40. The van der Waals surface area contributed by atoms with Crippen molar-refractivity contribution in [2.45, 2.75) is 51.7 Å². The van der Waals surface area contributed by atoms with Crippen LogP contribution >= 0.6 is 0 Å². The SMILES string of the molecule is CC(C)N1CCCC(N)C1C. The van der Waals surface area contributed by atoms with Gasteiger partial charge in [0.15, 0.2) is 0 Å². The van der Waals surface area contributed by atoms with E-state index in [-0.39, 0.29) is 0 Å². The van der Waals surface area contributed by atoms with Gasteiger partial charge in [0.1, 0.15) is 0 Å². The average Bonchev–Trinajstić information content (AvgIpc) is 1.94. The second kappa shape index (κ2) is 3.55. The fourth-order valence-corrected chi connectivity index (χ4v) is 1.93. The highest BCUT2D eigenvalue weighted by atomic mass is 15.2. The summed E-state index contributed by atoms with van der Waals surface area (Å²) in [6.45, 7) is 7.96. The molecule has 66 valence electrons. The minimum atomic E-state index is 0.395. The van der Waals surface area contributed by atoms with Gasteiger partial charge in [-0.25, -0.2) is 0 Å². The van der Waals surface area contributed by atoms with Crippen molar-refractivity contribution in [3.05, 3.63) is 0 Å². The van der Waals surface area contributed by atoms with Crippen LogP contribution in [0.4, 0.5) is 0 Å². The smallest absolute Gasteiger partial charge is 0.0221 e. The van der Waals surface area contributed by atoms with Crippen LogP contribution in [0.2, 0.25) is 0 Å². The highest BCUT2D eigenvalue weighted by Crippen LogP contribution is 2.17. The first-order valence-electron chi connectivity index (χ1n) is 4.64. The molecular formula is C9H20N2. The normalized spacial score (nSPS) is 34.6. The van der Waals surface area contributed by atoms with Gasteiger partial charge in [-0.3, -0.25) is 4.90 Å². The van der Waals surface area contributed by atoms with Crippen molar-refractivity contribution in [2.24, 2.45) is 5.73 Å². The average molecular weight is 156 g/mol. The third-order valence-corrected chi connectivity index (χ3v) is 2.76. The molecule has 1 aliphatic rings. The summed E-state index contributed by atoms with van der Waals surface area (Å²) in [7, 11) is 0. The van der Waals surface area contributed by atoms with Gasteiger partial charge in [-0.05, 0) is 40.2 Å². The summed E-state index contributed by atoms with van der Waals surface area (Å²) in [5.74, 6) is 0. The van der Waals surface area contributed by atoms with Crippen molar-refractivity contribution in [1.29, 1.82) is 0 Å². The molecule has 1 heterocycles. The largest absolute Gasteiger partial charge is 0.326 e. The monoisotopic (exact) mass is 156 g/mol. The number of hydrogen-bond donors (Lipinski definition) is 1. The zero-order chi connectivity index (χ0) is 8.43. The Kier molecular flexibility index (Phi) is 2.90. The number of nitrogens with two attached hydrogens (primary N) is 1. The van der Waals surface area contributed by atoms with Crippen molar-refractivity contribution in [2.75, 3.05) is 6.54 Å². The van der Waals surface area contributed by atoms with Gasteiger partial charge in [0.05, 0.1) is 0 Å². The van der Waals surface area contributed by atoms with Crippen LogP contribution in [0, 0.1) is 0 Å². The van der Waals surface area contributed by atoms with E-state index in [0.29, 0.717) is 18.1 Å². The van der Waals surface area contributed by atoms with E-state index in [2.05, 4.69) is 25.7 Å². The van der Waals surface area contributed by atoms with Crippen molar-refractivity contribution in [3.63, 3.8) is 0 Å². The zero-order valence-electron chi connectivity index (χ0n) is 7.88. The summed E-state index contributed by atoms with van der Waals surface area (Å²) in [6, 6.07) is 1.62. The quantitative estimate of drug-likeness (QED) is 0.618. The Bertz CT molecular complexity index is 123. The van der Waals surface area contributed by atoms with Gasteiger partial charge in [-0.2, -0.15) is 0 Å². The Morgan fingerprint density at radius 1 is 1.45 bits per heavy atom. The van der Waals surface area contributed by atoms with Gasteiger partial charge in [-0.15, -0.1) is 0 Å². The van der Waals surface area contributed by atoms with Crippen LogP contribution < -0.4 is 5.73 Å². The Balaban J connectivity index is 2.51. The molecule has 0 bridgehead atoms. The molecule has 2 N–H and O–H groups in total. The maximum Gasteiger partial charge on any atom is 0.0221 e. The molecular weight excluding hydrogens is 136 g/mol. The molecule has 2 unspecified atom stereocenters. The van der Waals surface area contributed by atoms with Crippen molar-refractivity contribution in [3.8, 4) is 0 Å². The lowest BCUT2D eigenvalue weighted by atomic mass is 9.97. The van der Waals surface area contributed by atoms with E-state index >= 15 is 0 Å². The van der Waals surface area contributed by atoms with Crippen LogP contribution in [-0.2, 0) is 0 Å². The van der Waals surface area contributed by atoms with Gasteiger partial charge < -0.3 is 5.73 Å². The number of likely N-dealkylation sites (tertiary alicyclic amines) is 1. The van der Waals surface area contributed by atoms with E-state index in [1.807, 2.05) is 0 Å². The third kappa shape index (κ3) is 1.94. The fourth-order valence-electron chi connectivity index (χ4n) is 1.93. The van der Waals surface area contributed by atoms with E-state index in [4.69, 9.17) is 5.73 Å². The molecule has 0 aromatic heterocycles. The molecule has 1 aliphatic heterocycles. The van der Waals surface area contributed by atoms with Gasteiger partial charge >= 0.3 is 0 Å². The highest BCUT2D eigenvalue weighted by molar-refractivity contribution is 4.84. The number of nitrogens with zero attached hydrogens (tertiary/aromatic N) is 1. The van der Waals surface area contributed by atoms with Crippen molar-refractivity contribution < 1.29 is 0 Å². The van der Waals surface area contributed by atoms with E-state index in [9.17, 15) is 0 Å². The second-order valence-corrected chi connectivity index (χ2v) is 3.88. The summed E-state index contributed by atoms with van der Waals surface area (Å²) in [4.78, 5) is 2.49. The molecule has 0 radical (unpaired) electrons. The van der Waals surface area contributed by atoms with E-state index in [1.54, 1.807) is 0 Å². The molecule has 1 saturated heterocycles. The summed E-state index contributed by atoms with van der Waals surface area (Å²) in [6.07, 6.45) is 2.47. The summed E-state index contributed by atoms with van der Waals surface area (Å²) in [5.41, 5.74) is 5.96. The van der Waals surface area contributed by atoms with Crippen LogP contribution in [0.5, 0.6) is 0 Å². The topological polar surface area (TPSA) is 29.3 Å². The maximum absolute atomic E-state index is 5.96. The predicted molar refractivity (Wildman–Crippen MR) is 48.5 cm³/mol. The number of rotatable bonds is 1. The Labute approximate surface area is 69.8 Å². The van der Waals surface area contributed by atoms with Gasteiger partial charge in [-0.1, -0.05) is 0 Å². The molecule has 2 nitrogen and oxygen atoms in total. The minimum Gasteiger partial charge on any atom is -0.326 e. The molecule has 0 aromatic rings. The molecule has 0 aliphatic carbocycles. The Hall–Kier alpha value is -0.0800. The molecule has 0 amide bonds. The molecule has 0 spiro atoms. The first-order valence-corrected chi connectivity index (χ1v) is 4.64. The van der Waals surface area contributed by atoms with E-state index in [1.165, 1.54) is 19.4 Å². The summed E-state index contributed by atoms with van der Waals surface area (Å²) < 4.78 is 0. The second-order valence-electron chi connectivity index (χ2n) is 3.88. The lowest BCUT2D eigenvalue weighted by molar-refractivity contribution is 0.106. The third-order valence-electron chi connectivity index (χ3n) is 2.76. The molecule has 0 saturated carbocycles. The predicted octanol–water partition coefficient (Wildman–Crippen LogP) is 1.21. The van der Waals surface area contributed by atoms with E-state index in [0.717, 1.165) is 0 Å². The molecule has 11 heavy (non-hydrogen) atoms. The fraction of sp³-hybridized carbons (Fsp3) is 1.00.